The molecular formula is C61H39N3. The number of rotatable bonds is 7. The van der Waals surface area contributed by atoms with Crippen molar-refractivity contribution >= 4 is 43.1 Å². The summed E-state index contributed by atoms with van der Waals surface area (Å²) in [5.41, 5.74) is 8.41. The van der Waals surface area contributed by atoms with Gasteiger partial charge in [-0.25, -0.2) is 15.0 Å². The number of benzene rings is 11. The Hall–Kier alpha value is -8.53. The van der Waals surface area contributed by atoms with Gasteiger partial charge in [0.05, 0.1) is 9.60 Å². The Morgan fingerprint density at radius 1 is 0.250 bits per heavy atom. The van der Waals surface area contributed by atoms with Gasteiger partial charge in [0, 0.05) is 16.7 Å². The Balaban J connectivity index is 1.12. The molecule has 12 rings (SSSR count). The first-order chi connectivity index (χ1) is 34.6. The second kappa shape index (κ2) is 15.7. The number of nitrogens with zero attached hydrogens (tertiary/aromatic N) is 3. The molecular weight excluding hydrogens is 775 g/mol. The number of hydrogen-bond donors (Lipinski definition) is 0. The molecule has 0 saturated heterocycles. The third kappa shape index (κ3) is 6.96. The molecule has 0 spiro atoms. The van der Waals surface area contributed by atoms with Gasteiger partial charge in [-0.3, -0.25) is 0 Å². The van der Waals surface area contributed by atoms with Crippen molar-refractivity contribution in [2.24, 2.45) is 0 Å². The molecule has 0 aliphatic rings. The van der Waals surface area contributed by atoms with Crippen LogP contribution in [-0.2, 0) is 0 Å². The fourth-order valence-electron chi connectivity index (χ4n) is 8.71. The summed E-state index contributed by atoms with van der Waals surface area (Å²) in [5, 5.41) is 6.15. The number of aromatic nitrogens is 3. The second-order valence-corrected chi connectivity index (χ2v) is 15.9. The van der Waals surface area contributed by atoms with Gasteiger partial charge in [-0.2, -0.15) is 0 Å². The first-order valence-electron chi connectivity index (χ1n) is 24.7. The van der Waals surface area contributed by atoms with Crippen molar-refractivity contribution in [2.45, 2.75) is 0 Å². The number of hydrogen-bond acceptors (Lipinski definition) is 3. The lowest BCUT2D eigenvalue weighted by Gasteiger charge is -2.15. The maximum atomic E-state index is 9.40. The predicted octanol–water partition coefficient (Wildman–Crippen LogP) is 16.2. The molecule has 0 bridgehead atoms. The third-order valence-electron chi connectivity index (χ3n) is 11.9. The van der Waals surface area contributed by atoms with Crippen molar-refractivity contribution in [3.05, 3.63) is 236 Å². The van der Waals surface area contributed by atoms with Crippen LogP contribution in [0, 0.1) is 0 Å². The van der Waals surface area contributed by atoms with Crippen LogP contribution < -0.4 is 0 Å². The Morgan fingerprint density at radius 2 is 0.750 bits per heavy atom. The highest BCUT2D eigenvalue weighted by Crippen LogP contribution is 2.39. The van der Waals surface area contributed by atoms with Crippen LogP contribution in [0.2, 0.25) is 0 Å². The monoisotopic (exact) mass is 820 g/mol. The summed E-state index contributed by atoms with van der Waals surface area (Å²) in [6.07, 6.45) is 0. The van der Waals surface area contributed by atoms with E-state index in [0.29, 0.717) is 34.2 Å². The average Bonchev–Trinajstić information content (AvgIpc) is 3.42. The normalized spacial score (nSPS) is 13.0. The van der Waals surface area contributed by atoms with Gasteiger partial charge in [0.1, 0.15) is 0 Å². The summed E-state index contributed by atoms with van der Waals surface area (Å²) in [7, 11) is 0. The fraction of sp³-hybridized carbons (Fsp3) is 0. The van der Waals surface area contributed by atoms with Crippen LogP contribution in [0.5, 0.6) is 0 Å². The van der Waals surface area contributed by atoms with E-state index in [-0.39, 0.29) is 22.4 Å². The van der Waals surface area contributed by atoms with Crippen LogP contribution in [0.1, 0.15) is 9.60 Å². The van der Waals surface area contributed by atoms with Crippen molar-refractivity contribution in [1.29, 1.82) is 0 Å². The van der Waals surface area contributed by atoms with Gasteiger partial charge in [-0.15, -0.1) is 0 Å². The van der Waals surface area contributed by atoms with Gasteiger partial charge in [0.15, 0.2) is 17.5 Å². The standard InChI is InChI=1S/C61H39N3/c1-3-14-40(15-4-1)45-28-29-47-34-48(31-30-46(47)33-45)51-36-53(57-25-13-22-42-17-9-11-23-55(42)57)38-54(37-51)60-62-59(43-18-5-2-6-19-43)63-61(64-60)58-39-52(35-50-21-10-12-24-56(50)58)49-27-26-41-16-7-8-20-44(41)32-49/h1-39H/i9D,11D,13D,17D,22D,23D,25D. The summed E-state index contributed by atoms with van der Waals surface area (Å²) in [4.78, 5) is 15.7. The Labute approximate surface area is 381 Å². The zero-order valence-electron chi connectivity index (χ0n) is 41.3. The van der Waals surface area contributed by atoms with Crippen LogP contribution in [0.4, 0.5) is 0 Å². The quantitative estimate of drug-likeness (QED) is 0.161. The molecule has 0 fully saturated rings. The van der Waals surface area contributed by atoms with Crippen LogP contribution in [0.25, 0.3) is 122 Å². The molecule has 0 N–H and O–H groups in total. The molecule has 11 aromatic carbocycles. The molecule has 0 saturated carbocycles. The fourth-order valence-corrected chi connectivity index (χ4v) is 8.71. The molecule has 298 valence electrons. The molecule has 0 aliphatic carbocycles. The SMILES string of the molecule is [2H]c1c([2H])c([2H])c2c(-c3cc(-c4ccc5cc(-c6ccccc6)ccc5c4)cc(-c4nc(-c5ccccc5)nc(-c5cc(-c6ccc7ccccc7c6)cc6ccccc56)n4)c3)c([2H])c([2H])c([2H])c2c1[2H]. The molecule has 64 heavy (non-hydrogen) atoms. The van der Waals surface area contributed by atoms with Crippen LogP contribution in [0.3, 0.4) is 0 Å². The molecule has 0 aliphatic heterocycles. The van der Waals surface area contributed by atoms with Crippen molar-refractivity contribution in [3.63, 3.8) is 0 Å². The van der Waals surface area contributed by atoms with Gasteiger partial charge in [-0.1, -0.05) is 188 Å². The summed E-state index contributed by atoms with van der Waals surface area (Å²) < 4.78 is 62.5. The summed E-state index contributed by atoms with van der Waals surface area (Å²) in [6, 6.07) is 62.4. The summed E-state index contributed by atoms with van der Waals surface area (Å²) >= 11 is 0. The van der Waals surface area contributed by atoms with E-state index < -0.39 is 36.3 Å². The largest absolute Gasteiger partial charge is 0.208 e. The highest BCUT2D eigenvalue weighted by Gasteiger charge is 2.18. The van der Waals surface area contributed by atoms with E-state index >= 15 is 0 Å². The van der Waals surface area contributed by atoms with Gasteiger partial charge < -0.3 is 0 Å². The maximum Gasteiger partial charge on any atom is 0.164 e. The van der Waals surface area contributed by atoms with Gasteiger partial charge in [0.25, 0.3) is 0 Å². The topological polar surface area (TPSA) is 38.7 Å². The van der Waals surface area contributed by atoms with Crippen molar-refractivity contribution in [2.75, 3.05) is 0 Å². The molecule has 0 radical (unpaired) electrons. The van der Waals surface area contributed by atoms with E-state index in [4.69, 9.17) is 23.2 Å². The third-order valence-corrected chi connectivity index (χ3v) is 11.9. The van der Waals surface area contributed by atoms with E-state index in [1.165, 1.54) is 0 Å². The van der Waals surface area contributed by atoms with Crippen LogP contribution in [0.15, 0.2) is 236 Å². The van der Waals surface area contributed by atoms with Crippen LogP contribution >= 0.6 is 0 Å². The first-order valence-corrected chi connectivity index (χ1v) is 21.2. The molecule has 0 amide bonds. The zero-order valence-corrected chi connectivity index (χ0v) is 34.3. The summed E-state index contributed by atoms with van der Waals surface area (Å²) in [5.74, 6) is 1.20. The second-order valence-electron chi connectivity index (χ2n) is 15.9. The van der Waals surface area contributed by atoms with Crippen molar-refractivity contribution in [1.82, 2.24) is 15.0 Å². The van der Waals surface area contributed by atoms with E-state index in [2.05, 4.69) is 97.1 Å². The highest BCUT2D eigenvalue weighted by atomic mass is 15.0. The number of fused-ring (bicyclic) bond motifs is 4. The predicted molar refractivity (Wildman–Crippen MR) is 268 cm³/mol. The molecule has 3 nitrogen and oxygen atoms in total. The molecule has 1 aromatic heterocycles. The van der Waals surface area contributed by atoms with Crippen molar-refractivity contribution in [3.8, 4) is 78.7 Å². The van der Waals surface area contributed by atoms with E-state index in [1.54, 1.807) is 0 Å². The van der Waals surface area contributed by atoms with Gasteiger partial charge >= 0.3 is 0 Å². The minimum atomic E-state index is -0.511. The Kier molecular flexibility index (Phi) is 7.50. The first kappa shape index (κ1) is 30.5. The lowest BCUT2D eigenvalue weighted by atomic mass is 9.92. The molecule has 3 heteroatoms. The smallest absolute Gasteiger partial charge is 0.164 e. The average molecular weight is 821 g/mol. The molecule has 0 atom stereocenters. The van der Waals surface area contributed by atoms with E-state index in [0.717, 1.165) is 71.3 Å². The maximum absolute atomic E-state index is 9.40. The lowest BCUT2D eigenvalue weighted by molar-refractivity contribution is 1.08. The van der Waals surface area contributed by atoms with E-state index in [9.17, 15) is 1.37 Å². The van der Waals surface area contributed by atoms with E-state index in [1.807, 2.05) is 97.1 Å². The zero-order chi connectivity index (χ0) is 48.5. The molecule has 12 aromatic rings. The Bertz CT molecular complexity index is 4140. The molecule has 1 heterocycles. The van der Waals surface area contributed by atoms with Crippen LogP contribution in [-0.4, -0.2) is 15.0 Å². The van der Waals surface area contributed by atoms with Gasteiger partial charge in [0.2, 0.25) is 0 Å². The van der Waals surface area contributed by atoms with Gasteiger partial charge in [-0.05, 0) is 136 Å². The minimum absolute atomic E-state index is 0.00432. The Morgan fingerprint density at radius 3 is 1.50 bits per heavy atom. The summed E-state index contributed by atoms with van der Waals surface area (Å²) in [6.45, 7) is 0. The lowest BCUT2D eigenvalue weighted by Crippen LogP contribution is -2.01. The van der Waals surface area contributed by atoms with Crippen molar-refractivity contribution < 1.29 is 9.60 Å². The molecule has 0 unspecified atom stereocenters. The minimum Gasteiger partial charge on any atom is -0.208 e. The highest BCUT2D eigenvalue weighted by molar-refractivity contribution is 6.01.